The highest BCUT2D eigenvalue weighted by Gasteiger charge is 2.43. The van der Waals surface area contributed by atoms with Gasteiger partial charge in [0.15, 0.2) is 0 Å². The molecule has 0 saturated carbocycles. The number of hydrogen-bond donors (Lipinski definition) is 0. The maximum Gasteiger partial charge on any atom is 0.113 e. The second-order valence-electron chi connectivity index (χ2n) is 26.1. The number of rotatable bonds is 8. The lowest BCUT2D eigenvalue weighted by Crippen LogP contribution is -2.59. The molecule has 2 aliphatic carbocycles. The van der Waals surface area contributed by atoms with Crippen LogP contribution < -0.4 is 30.5 Å². The first-order valence-electron chi connectivity index (χ1n) is 30.0. The predicted molar refractivity (Wildman–Crippen MR) is 364 cm³/mol. The number of fused-ring (bicyclic) bond motifs is 10. The zero-order chi connectivity index (χ0) is 57.0. The molecule has 0 atom stereocenters. The van der Waals surface area contributed by atoms with Crippen molar-refractivity contribution in [3.63, 3.8) is 0 Å². The predicted octanol–water partition coefficient (Wildman–Crippen LogP) is 19.3. The Hall–Kier alpha value is -9.07. The van der Waals surface area contributed by atoms with Gasteiger partial charge in [0.05, 0.1) is 0 Å². The van der Waals surface area contributed by atoms with Crippen LogP contribution in [-0.2, 0) is 10.8 Å². The van der Waals surface area contributed by atoms with Crippen LogP contribution in [0.3, 0.4) is 0 Å². The average Bonchev–Trinajstić information content (AvgIpc) is 1.03. The van der Waals surface area contributed by atoms with Crippen LogP contribution in [-0.4, -0.2) is 16.1 Å². The van der Waals surface area contributed by atoms with E-state index < -0.39 is 16.1 Å². The van der Waals surface area contributed by atoms with Crippen molar-refractivity contribution in [1.29, 1.82) is 0 Å². The maximum absolute atomic E-state index is 2.59. The highest BCUT2D eigenvalue weighted by molar-refractivity contribution is 7.06. The first-order valence-corrected chi connectivity index (χ1v) is 36.0. The Morgan fingerprint density at radius 1 is 0.238 bits per heavy atom. The van der Waals surface area contributed by atoms with Crippen molar-refractivity contribution < 1.29 is 0 Å². The third-order valence-corrected chi connectivity index (χ3v) is 27.1. The molecule has 404 valence electrons. The van der Waals surface area contributed by atoms with Crippen molar-refractivity contribution in [3.05, 3.63) is 277 Å². The van der Waals surface area contributed by atoms with Gasteiger partial charge >= 0.3 is 0 Å². The van der Waals surface area contributed by atoms with Gasteiger partial charge < -0.3 is 9.80 Å². The van der Waals surface area contributed by atoms with E-state index in [4.69, 9.17) is 0 Å². The second-order valence-corrected chi connectivity index (χ2v) is 34.7. The molecule has 0 radical (unpaired) electrons. The summed E-state index contributed by atoms with van der Waals surface area (Å²) < 4.78 is 0. The van der Waals surface area contributed by atoms with Crippen LogP contribution in [0, 0.1) is 0 Å². The lowest BCUT2D eigenvalue weighted by molar-refractivity contribution is 0.660. The van der Waals surface area contributed by atoms with Crippen molar-refractivity contribution in [1.82, 2.24) is 0 Å². The zero-order valence-corrected chi connectivity index (χ0v) is 51.1. The molecule has 0 amide bonds. The lowest BCUT2D eigenvalue weighted by Gasteiger charge is -2.40. The van der Waals surface area contributed by atoms with E-state index >= 15 is 0 Å². The van der Waals surface area contributed by atoms with Crippen LogP contribution >= 0.6 is 0 Å². The molecule has 0 spiro atoms. The summed E-state index contributed by atoms with van der Waals surface area (Å²) in [5, 5.41) is 9.02. The van der Waals surface area contributed by atoms with Gasteiger partial charge in [-0.05, 0) is 205 Å². The molecule has 0 fully saturated rings. The third-order valence-electron chi connectivity index (χ3n) is 20.1. The fourth-order valence-electron chi connectivity index (χ4n) is 15.5. The van der Waals surface area contributed by atoms with Crippen molar-refractivity contribution in [3.8, 4) is 66.8 Å². The van der Waals surface area contributed by atoms with Crippen molar-refractivity contribution >= 4 is 81.8 Å². The first kappa shape index (κ1) is 50.6. The summed E-state index contributed by atoms with van der Waals surface area (Å²) in [4.78, 5) is 4.91. The second kappa shape index (κ2) is 18.2. The van der Waals surface area contributed by atoms with E-state index in [1.807, 2.05) is 0 Å². The highest BCUT2D eigenvalue weighted by atomic mass is 28.3. The average molecular weight is 1110 g/mol. The molecular weight excluding hydrogens is 1050 g/mol. The van der Waals surface area contributed by atoms with E-state index in [-0.39, 0.29) is 10.8 Å². The summed E-state index contributed by atoms with van der Waals surface area (Å²) in [6, 6.07) is 97.0. The summed E-state index contributed by atoms with van der Waals surface area (Å²) in [5.41, 5.74) is 28.4. The fraction of sp³-hybridized carbons (Fsp3) is 0.125. The summed E-state index contributed by atoms with van der Waals surface area (Å²) in [6.07, 6.45) is 0. The molecule has 0 unspecified atom stereocenters. The number of anilines is 6. The van der Waals surface area contributed by atoms with Gasteiger partial charge in [-0.25, -0.2) is 0 Å². The monoisotopic (exact) mass is 1110 g/mol. The molecule has 16 rings (SSSR count). The van der Waals surface area contributed by atoms with Crippen LogP contribution in [0.5, 0.6) is 0 Å². The summed E-state index contributed by atoms with van der Waals surface area (Å²) in [5.74, 6) is 0. The van der Waals surface area contributed by atoms with Gasteiger partial charge in [0.25, 0.3) is 0 Å². The van der Waals surface area contributed by atoms with Crippen molar-refractivity contribution in [2.24, 2.45) is 0 Å². The molecule has 2 nitrogen and oxygen atoms in total. The van der Waals surface area contributed by atoms with Gasteiger partial charge in [0.1, 0.15) is 16.1 Å². The minimum Gasteiger partial charge on any atom is -0.311 e. The molecular formula is C80H66N2Si2. The largest absolute Gasteiger partial charge is 0.311 e. The Labute approximate surface area is 497 Å². The summed E-state index contributed by atoms with van der Waals surface area (Å²) in [7, 11) is -4.56. The number of benzene rings is 12. The van der Waals surface area contributed by atoms with Gasteiger partial charge in [-0.3, -0.25) is 0 Å². The maximum atomic E-state index is 2.59. The van der Waals surface area contributed by atoms with E-state index in [1.54, 1.807) is 0 Å². The Bertz CT molecular complexity index is 4400. The Morgan fingerprint density at radius 3 is 0.952 bits per heavy atom. The number of hydrogen-bond acceptors (Lipinski definition) is 2. The van der Waals surface area contributed by atoms with E-state index in [0.717, 1.165) is 22.7 Å². The van der Waals surface area contributed by atoms with Crippen molar-refractivity contribution in [2.45, 2.75) is 64.7 Å². The van der Waals surface area contributed by atoms with E-state index in [0.29, 0.717) is 0 Å². The normalized spacial score (nSPS) is 15.3. The minimum absolute atomic E-state index is 0.0461. The molecule has 4 heteroatoms. The molecule has 2 heterocycles. The number of para-hydroxylation sites is 2. The summed E-state index contributed by atoms with van der Waals surface area (Å²) >= 11 is 0. The Balaban J connectivity index is 0.749. The smallest absolute Gasteiger partial charge is 0.113 e. The molecule has 2 aliphatic heterocycles. The van der Waals surface area contributed by atoms with E-state index in [1.165, 1.54) is 132 Å². The fourth-order valence-corrected chi connectivity index (χ4v) is 21.7. The SMILES string of the molecule is CC1(C)c2ccccc2-c2ccc(-c3ccc(N(c4ccccc4)c4ccc5c(c4)[Si](C)(C)c4ccc6c7c(ccc-5c47)-c4ccc(N(c5ccccc5)c5ccc(-c7ccc8c(c7)C(C)(C)c7ccccc7-8)cc5)cc4[Si]6(C)C)cc3)cc21. The molecule has 12 aromatic carbocycles. The van der Waals surface area contributed by atoms with Gasteiger partial charge in [0.2, 0.25) is 0 Å². The molecule has 0 aromatic heterocycles. The standard InChI is InChI=1S/C80H66N2Si2/c1-79(2)69-25-17-15-23-61(69)63-39-31-53(47-71(63)79)51-27-33-57(34-28-51)81(55-19-11-9-12-20-55)59-37-41-65-67-43-44-68-66-42-38-60(50-76(66)84(7,8)74-46-45-73(77(67)78(68)74)83(5,6)75(65)49-59)82(56-21-13-10-14-22-56)58-35-29-52(30-36-58)54-32-40-64-62-24-16-18-26-70(62)80(3,4)72(64)48-54/h9-50H,1-8H3. The minimum atomic E-state index is -2.28. The highest BCUT2D eigenvalue weighted by Crippen LogP contribution is 2.52. The summed E-state index contributed by atoms with van der Waals surface area (Å²) in [6.45, 7) is 19.8. The van der Waals surface area contributed by atoms with Crippen LogP contribution in [0.25, 0.3) is 77.5 Å². The third kappa shape index (κ3) is 7.33. The first-order chi connectivity index (χ1) is 40.7. The van der Waals surface area contributed by atoms with Crippen molar-refractivity contribution in [2.75, 3.05) is 9.80 Å². The molecule has 0 bridgehead atoms. The molecule has 0 N–H and O–H groups in total. The topological polar surface area (TPSA) is 6.48 Å². The van der Waals surface area contributed by atoms with Gasteiger partial charge in [-0.15, -0.1) is 0 Å². The van der Waals surface area contributed by atoms with E-state index in [9.17, 15) is 0 Å². The zero-order valence-electron chi connectivity index (χ0n) is 49.1. The van der Waals surface area contributed by atoms with Gasteiger partial charge in [0, 0.05) is 45.0 Å². The Kier molecular flexibility index (Phi) is 11.0. The molecule has 12 aromatic rings. The van der Waals surface area contributed by atoms with Gasteiger partial charge in [-0.1, -0.05) is 224 Å². The Morgan fingerprint density at radius 2 is 0.548 bits per heavy atom. The lowest BCUT2D eigenvalue weighted by atomic mass is 9.81. The molecule has 0 saturated heterocycles. The van der Waals surface area contributed by atoms with Crippen LogP contribution in [0.15, 0.2) is 255 Å². The van der Waals surface area contributed by atoms with Crippen LogP contribution in [0.2, 0.25) is 26.2 Å². The number of nitrogens with zero attached hydrogens (tertiary/aromatic N) is 2. The quantitative estimate of drug-likeness (QED) is 0.140. The molecule has 84 heavy (non-hydrogen) atoms. The molecule has 4 aliphatic rings. The van der Waals surface area contributed by atoms with Crippen LogP contribution in [0.1, 0.15) is 49.9 Å². The van der Waals surface area contributed by atoms with E-state index in [2.05, 4.69) is 318 Å². The van der Waals surface area contributed by atoms with Gasteiger partial charge in [-0.2, -0.15) is 0 Å². The van der Waals surface area contributed by atoms with Crippen LogP contribution in [0.4, 0.5) is 34.1 Å².